The number of hydrogen-bond acceptors (Lipinski definition) is 4. The second kappa shape index (κ2) is 8.96. The van der Waals surface area contributed by atoms with Gasteiger partial charge in [-0.3, -0.25) is 0 Å². The lowest BCUT2D eigenvalue weighted by Crippen LogP contribution is -2.46. The third kappa shape index (κ3) is 13.5. The first-order valence-corrected chi connectivity index (χ1v) is 12.9. The minimum Gasteiger partial charge on any atom is -0.492 e. The summed E-state index contributed by atoms with van der Waals surface area (Å²) in [6.07, 6.45) is 1.75. The van der Waals surface area contributed by atoms with Crippen LogP contribution in [0.2, 0.25) is 32.7 Å². The van der Waals surface area contributed by atoms with Gasteiger partial charge in [-0.2, -0.15) is 0 Å². The number of allylic oxidation sites excluding steroid dienone is 1. The first-order valence-electron chi connectivity index (χ1n) is 6.67. The first kappa shape index (κ1) is 22.1. The Morgan fingerprint density at radius 2 is 1.48 bits per heavy atom. The van der Waals surface area contributed by atoms with Crippen LogP contribution in [0.15, 0.2) is 23.8 Å². The van der Waals surface area contributed by atoms with E-state index in [0.29, 0.717) is 5.57 Å². The van der Waals surface area contributed by atoms with E-state index in [1.165, 1.54) is 6.92 Å². The van der Waals surface area contributed by atoms with Crippen molar-refractivity contribution in [2.24, 2.45) is 0 Å². The van der Waals surface area contributed by atoms with Gasteiger partial charge in [0.2, 0.25) is 0 Å². The number of rotatable bonds is 5. The average Bonchev–Trinajstić information content (AvgIpc) is 2.24. The fraction of sp³-hybridized carbons (Fsp3) is 0.571. The Morgan fingerprint density at radius 3 is 1.71 bits per heavy atom. The van der Waals surface area contributed by atoms with E-state index in [9.17, 15) is 9.59 Å². The number of carboxylic acid groups (broad SMARTS) is 1. The summed E-state index contributed by atoms with van der Waals surface area (Å²) in [5, 5.41) is 7.89. The largest absolute Gasteiger partial charge is 0.492 e. The Bertz CT molecular complexity index is 408. The highest BCUT2D eigenvalue weighted by atomic mass is 28.4. The van der Waals surface area contributed by atoms with Crippen LogP contribution in [0, 0.1) is 0 Å². The van der Waals surface area contributed by atoms with Crippen LogP contribution in [0.1, 0.15) is 20.8 Å². The standard InChI is InChI=1S/C10H22O3Si2.C4H6O2/c1-8-9(2)10(11)12-15(6,7)13-14(3,4)5;1-3(2)4(5)6/h8H,1-7H3;1H2,2H3,(H,5,6). The Hall–Kier alpha value is -1.19. The van der Waals surface area contributed by atoms with Crippen LogP contribution >= 0.6 is 0 Å². The zero-order chi connectivity index (χ0) is 17.4. The summed E-state index contributed by atoms with van der Waals surface area (Å²) < 4.78 is 11.3. The maximum atomic E-state index is 11.6. The molecule has 0 unspecified atom stereocenters. The van der Waals surface area contributed by atoms with E-state index in [4.69, 9.17) is 13.6 Å². The van der Waals surface area contributed by atoms with E-state index >= 15 is 0 Å². The molecule has 0 aromatic carbocycles. The van der Waals surface area contributed by atoms with Gasteiger partial charge in [0.1, 0.15) is 0 Å². The fourth-order valence-electron chi connectivity index (χ4n) is 1.18. The smallest absolute Gasteiger partial charge is 0.385 e. The third-order valence-electron chi connectivity index (χ3n) is 2.01. The van der Waals surface area contributed by atoms with Gasteiger partial charge in [0.05, 0.1) is 0 Å². The van der Waals surface area contributed by atoms with Gasteiger partial charge >= 0.3 is 20.5 Å². The molecule has 122 valence electrons. The quantitative estimate of drug-likeness (QED) is 0.614. The van der Waals surface area contributed by atoms with Crippen LogP contribution < -0.4 is 0 Å². The molecule has 0 radical (unpaired) electrons. The molecule has 0 rings (SSSR count). The van der Waals surface area contributed by atoms with Crippen molar-refractivity contribution in [2.75, 3.05) is 0 Å². The maximum Gasteiger partial charge on any atom is 0.385 e. The molecule has 0 spiro atoms. The van der Waals surface area contributed by atoms with Crippen molar-refractivity contribution >= 4 is 28.8 Å². The van der Waals surface area contributed by atoms with E-state index < -0.39 is 22.8 Å². The van der Waals surface area contributed by atoms with Gasteiger partial charge in [0.25, 0.3) is 0 Å². The summed E-state index contributed by atoms with van der Waals surface area (Å²) in [5.41, 5.74) is 0.810. The molecule has 7 heteroatoms. The maximum absolute atomic E-state index is 11.6. The lowest BCUT2D eigenvalue weighted by molar-refractivity contribution is -0.133. The molecule has 0 bridgehead atoms. The Labute approximate surface area is 130 Å². The zero-order valence-electron chi connectivity index (χ0n) is 14.4. The molecule has 5 nitrogen and oxygen atoms in total. The second-order valence-corrected chi connectivity index (χ2v) is 14.1. The molecule has 0 saturated carbocycles. The fourth-order valence-corrected chi connectivity index (χ4v) is 7.85. The zero-order valence-corrected chi connectivity index (χ0v) is 16.4. The highest BCUT2D eigenvalue weighted by molar-refractivity contribution is 6.82. The van der Waals surface area contributed by atoms with Crippen molar-refractivity contribution in [3.63, 3.8) is 0 Å². The van der Waals surface area contributed by atoms with Gasteiger partial charge in [-0.1, -0.05) is 12.7 Å². The molecule has 1 N–H and O–H groups in total. The molecular formula is C14H28O5Si2. The van der Waals surface area contributed by atoms with Crippen molar-refractivity contribution in [3.8, 4) is 0 Å². The topological polar surface area (TPSA) is 72.8 Å². The molecule has 0 aromatic rings. The molecular weight excluding hydrogens is 304 g/mol. The predicted octanol–water partition coefficient (Wildman–Crippen LogP) is 3.70. The van der Waals surface area contributed by atoms with E-state index in [0.717, 1.165) is 0 Å². The van der Waals surface area contributed by atoms with Crippen LogP contribution in [0.5, 0.6) is 0 Å². The van der Waals surface area contributed by atoms with Crippen molar-refractivity contribution in [1.29, 1.82) is 0 Å². The van der Waals surface area contributed by atoms with E-state index in [2.05, 4.69) is 26.2 Å². The number of aliphatic carboxylic acids is 1. The van der Waals surface area contributed by atoms with Gasteiger partial charge in [0, 0.05) is 11.1 Å². The number of hydrogen-bond donors (Lipinski definition) is 1. The Morgan fingerprint density at radius 1 is 1.10 bits per heavy atom. The lowest BCUT2D eigenvalue weighted by atomic mass is 10.3. The third-order valence-corrected chi connectivity index (χ3v) is 7.10. The number of carbonyl (C=O) groups excluding carboxylic acids is 1. The van der Waals surface area contributed by atoms with E-state index in [-0.39, 0.29) is 11.5 Å². The molecule has 0 aliphatic rings. The molecule has 0 amide bonds. The first-order chi connectivity index (χ1) is 9.22. The van der Waals surface area contributed by atoms with Gasteiger partial charge < -0.3 is 13.6 Å². The molecule has 21 heavy (non-hydrogen) atoms. The molecule has 0 fully saturated rings. The lowest BCUT2D eigenvalue weighted by Gasteiger charge is -2.30. The minimum absolute atomic E-state index is 0.176. The summed E-state index contributed by atoms with van der Waals surface area (Å²) >= 11 is 0. The van der Waals surface area contributed by atoms with Gasteiger partial charge in [-0.05, 0) is 53.5 Å². The Kier molecular flexibility index (Phi) is 9.43. The summed E-state index contributed by atoms with van der Waals surface area (Å²) in [6, 6.07) is 0. The van der Waals surface area contributed by atoms with E-state index in [1.807, 2.05) is 20.0 Å². The Balaban J connectivity index is 0. The van der Waals surface area contributed by atoms with Gasteiger partial charge in [0.15, 0.2) is 8.32 Å². The highest BCUT2D eigenvalue weighted by Crippen LogP contribution is 2.16. The van der Waals surface area contributed by atoms with Gasteiger partial charge in [-0.25, -0.2) is 9.59 Å². The SMILES string of the molecule is C=C(C)C(=O)O.CC=C(C)C(=O)O[Si](C)(C)O[Si](C)(C)C. The molecule has 0 aromatic heterocycles. The molecule has 0 heterocycles. The molecule has 0 saturated heterocycles. The monoisotopic (exact) mass is 332 g/mol. The van der Waals surface area contributed by atoms with E-state index in [1.54, 1.807) is 13.0 Å². The summed E-state index contributed by atoms with van der Waals surface area (Å²) in [4.78, 5) is 21.2. The van der Waals surface area contributed by atoms with Crippen LogP contribution in [0.4, 0.5) is 0 Å². The normalized spacial score (nSPS) is 12.1. The van der Waals surface area contributed by atoms with Gasteiger partial charge in [-0.15, -0.1) is 0 Å². The summed E-state index contributed by atoms with van der Waals surface area (Å²) in [7, 11) is -3.95. The van der Waals surface area contributed by atoms with Crippen LogP contribution in [-0.2, 0) is 18.1 Å². The number of carbonyl (C=O) groups is 2. The average molecular weight is 333 g/mol. The minimum atomic E-state index is -2.31. The summed E-state index contributed by atoms with van der Waals surface area (Å²) in [6.45, 7) is 18.3. The van der Waals surface area contributed by atoms with Crippen LogP contribution in [-0.4, -0.2) is 33.9 Å². The molecule has 0 aliphatic carbocycles. The number of carboxylic acids is 1. The van der Waals surface area contributed by atoms with Crippen molar-refractivity contribution < 1.29 is 23.2 Å². The predicted molar refractivity (Wildman–Crippen MR) is 89.9 cm³/mol. The van der Waals surface area contributed by atoms with Crippen LogP contribution in [0.25, 0.3) is 0 Å². The van der Waals surface area contributed by atoms with Crippen molar-refractivity contribution in [3.05, 3.63) is 23.8 Å². The van der Waals surface area contributed by atoms with Crippen molar-refractivity contribution in [1.82, 2.24) is 0 Å². The molecule has 0 atom stereocenters. The molecule has 0 aliphatic heterocycles. The van der Waals surface area contributed by atoms with Crippen molar-refractivity contribution in [2.45, 2.75) is 53.5 Å². The second-order valence-electron chi connectivity index (χ2n) is 6.06. The summed E-state index contributed by atoms with van der Waals surface area (Å²) in [5.74, 6) is -1.19. The van der Waals surface area contributed by atoms with Crippen LogP contribution in [0.3, 0.4) is 0 Å². The highest BCUT2D eigenvalue weighted by Gasteiger charge is 2.34.